The van der Waals surface area contributed by atoms with Crippen LogP contribution >= 0.6 is 0 Å². The molecule has 38 heavy (non-hydrogen) atoms. The molecule has 1 N–H and O–H groups in total. The van der Waals surface area contributed by atoms with E-state index in [1.165, 1.54) is 24.1 Å². The van der Waals surface area contributed by atoms with Gasteiger partial charge in [0, 0.05) is 13.6 Å². The second-order valence-electron chi connectivity index (χ2n) is 9.05. The van der Waals surface area contributed by atoms with Crippen LogP contribution in [0.4, 0.5) is 5.69 Å². The van der Waals surface area contributed by atoms with Crippen LogP contribution in [0.1, 0.15) is 30.5 Å². The van der Waals surface area contributed by atoms with Gasteiger partial charge in [-0.3, -0.25) is 13.9 Å². The normalized spacial score (nSPS) is 11.9. The van der Waals surface area contributed by atoms with Crippen LogP contribution in [0.15, 0.2) is 77.7 Å². The molecule has 0 fully saturated rings. The van der Waals surface area contributed by atoms with E-state index < -0.39 is 28.5 Å². The fraction of sp³-hybridized carbons (Fsp3) is 0.310. The van der Waals surface area contributed by atoms with Gasteiger partial charge in [-0.15, -0.1) is 0 Å². The van der Waals surface area contributed by atoms with E-state index in [1.807, 2.05) is 45.0 Å². The zero-order valence-corrected chi connectivity index (χ0v) is 23.3. The minimum absolute atomic E-state index is 0.0642. The van der Waals surface area contributed by atoms with Crippen LogP contribution in [-0.4, -0.2) is 51.4 Å². The van der Waals surface area contributed by atoms with Gasteiger partial charge in [-0.25, -0.2) is 8.42 Å². The summed E-state index contributed by atoms with van der Waals surface area (Å²) in [6.07, 6.45) is 0. The van der Waals surface area contributed by atoms with Gasteiger partial charge in [0.1, 0.15) is 18.3 Å². The molecule has 0 heterocycles. The molecule has 0 spiro atoms. The Morgan fingerprint density at radius 2 is 1.61 bits per heavy atom. The van der Waals surface area contributed by atoms with Gasteiger partial charge in [0.15, 0.2) is 0 Å². The zero-order chi connectivity index (χ0) is 27.9. The number of benzene rings is 3. The predicted molar refractivity (Wildman–Crippen MR) is 149 cm³/mol. The van der Waals surface area contributed by atoms with Crippen LogP contribution in [0.25, 0.3) is 0 Å². The van der Waals surface area contributed by atoms with Gasteiger partial charge in [0.05, 0.1) is 17.2 Å². The van der Waals surface area contributed by atoms with Crippen molar-refractivity contribution in [2.24, 2.45) is 0 Å². The first-order valence-electron chi connectivity index (χ1n) is 12.5. The summed E-state index contributed by atoms with van der Waals surface area (Å²) >= 11 is 0. The van der Waals surface area contributed by atoms with E-state index >= 15 is 0 Å². The lowest BCUT2D eigenvalue weighted by Gasteiger charge is -2.32. The van der Waals surface area contributed by atoms with E-state index in [9.17, 15) is 18.0 Å². The SMILES string of the molecule is CCOc1ccc(N(CC(=O)N(Cc2cccc(C)c2)C(C)C(=O)NC)S(=O)(=O)c2ccc(C)cc2)cc1. The van der Waals surface area contributed by atoms with Gasteiger partial charge in [0.25, 0.3) is 10.0 Å². The minimum atomic E-state index is -4.11. The Balaban J connectivity index is 2.03. The maximum Gasteiger partial charge on any atom is 0.264 e. The molecule has 3 aromatic carbocycles. The van der Waals surface area contributed by atoms with Crippen molar-refractivity contribution in [3.8, 4) is 5.75 Å². The third kappa shape index (κ3) is 6.92. The second-order valence-corrected chi connectivity index (χ2v) is 10.9. The Hall–Kier alpha value is -3.85. The van der Waals surface area contributed by atoms with Crippen molar-refractivity contribution >= 4 is 27.5 Å². The summed E-state index contributed by atoms with van der Waals surface area (Å²) < 4.78 is 34.2. The zero-order valence-electron chi connectivity index (χ0n) is 22.5. The number of nitrogens with one attached hydrogen (secondary N) is 1. The van der Waals surface area contributed by atoms with E-state index in [0.29, 0.717) is 18.0 Å². The highest BCUT2D eigenvalue weighted by atomic mass is 32.2. The first-order valence-corrected chi connectivity index (χ1v) is 13.9. The van der Waals surface area contributed by atoms with Crippen molar-refractivity contribution in [2.75, 3.05) is 24.5 Å². The van der Waals surface area contributed by atoms with Gasteiger partial charge in [-0.2, -0.15) is 0 Å². The number of likely N-dealkylation sites (N-methyl/N-ethyl adjacent to an activating group) is 1. The largest absolute Gasteiger partial charge is 0.494 e. The number of anilines is 1. The van der Waals surface area contributed by atoms with Gasteiger partial charge in [-0.05, 0) is 69.7 Å². The lowest BCUT2D eigenvalue weighted by atomic mass is 10.1. The quantitative estimate of drug-likeness (QED) is 0.398. The molecule has 0 saturated heterocycles. The first-order chi connectivity index (χ1) is 18.1. The summed E-state index contributed by atoms with van der Waals surface area (Å²) in [5.74, 6) is -0.267. The molecular formula is C29H35N3O5S. The molecule has 0 radical (unpaired) electrons. The molecule has 0 aromatic heterocycles. The Bertz CT molecular complexity index is 1360. The summed E-state index contributed by atoms with van der Waals surface area (Å²) in [5.41, 5.74) is 3.07. The number of aryl methyl sites for hydroxylation is 2. The van der Waals surface area contributed by atoms with E-state index in [-0.39, 0.29) is 17.3 Å². The third-order valence-electron chi connectivity index (χ3n) is 6.17. The lowest BCUT2D eigenvalue weighted by Crippen LogP contribution is -2.50. The van der Waals surface area contributed by atoms with Crippen molar-refractivity contribution < 1.29 is 22.7 Å². The van der Waals surface area contributed by atoms with E-state index in [2.05, 4.69) is 5.32 Å². The van der Waals surface area contributed by atoms with Gasteiger partial charge < -0.3 is 15.0 Å². The number of rotatable bonds is 11. The molecule has 0 bridgehead atoms. The Morgan fingerprint density at radius 3 is 2.18 bits per heavy atom. The third-order valence-corrected chi connectivity index (χ3v) is 7.96. The van der Waals surface area contributed by atoms with Crippen molar-refractivity contribution in [2.45, 2.75) is 45.2 Å². The molecule has 3 aromatic rings. The highest BCUT2D eigenvalue weighted by Crippen LogP contribution is 2.27. The molecule has 1 atom stereocenters. The average molecular weight is 538 g/mol. The maximum absolute atomic E-state index is 13.8. The molecular weight excluding hydrogens is 502 g/mol. The second kappa shape index (κ2) is 12.6. The smallest absolute Gasteiger partial charge is 0.264 e. The highest BCUT2D eigenvalue weighted by Gasteiger charge is 2.32. The van der Waals surface area contributed by atoms with Crippen molar-refractivity contribution in [1.82, 2.24) is 10.2 Å². The molecule has 1 unspecified atom stereocenters. The number of carbonyl (C=O) groups excluding carboxylic acids is 2. The molecule has 9 heteroatoms. The minimum Gasteiger partial charge on any atom is -0.494 e. The maximum atomic E-state index is 13.8. The summed E-state index contributed by atoms with van der Waals surface area (Å²) in [7, 11) is -2.61. The number of hydrogen-bond acceptors (Lipinski definition) is 5. The predicted octanol–water partition coefficient (Wildman–Crippen LogP) is 4.06. The first kappa shape index (κ1) is 28.7. The van der Waals surface area contributed by atoms with Crippen molar-refractivity contribution in [3.63, 3.8) is 0 Å². The highest BCUT2D eigenvalue weighted by molar-refractivity contribution is 7.92. The summed E-state index contributed by atoms with van der Waals surface area (Å²) in [6, 6.07) is 19.8. The number of sulfonamides is 1. The van der Waals surface area contributed by atoms with Crippen LogP contribution in [0, 0.1) is 13.8 Å². The fourth-order valence-corrected chi connectivity index (χ4v) is 5.45. The molecule has 8 nitrogen and oxygen atoms in total. The Morgan fingerprint density at radius 1 is 0.947 bits per heavy atom. The number of hydrogen-bond donors (Lipinski definition) is 1. The number of amides is 2. The van der Waals surface area contributed by atoms with Crippen molar-refractivity contribution in [3.05, 3.63) is 89.5 Å². The Labute approximate surface area is 225 Å². The number of ether oxygens (including phenoxy) is 1. The fourth-order valence-electron chi connectivity index (χ4n) is 4.04. The van der Waals surface area contributed by atoms with Crippen LogP contribution in [-0.2, 0) is 26.2 Å². The Kier molecular flexibility index (Phi) is 9.52. The number of nitrogens with zero attached hydrogens (tertiary/aromatic N) is 2. The van der Waals surface area contributed by atoms with E-state index in [1.54, 1.807) is 43.3 Å². The van der Waals surface area contributed by atoms with Crippen molar-refractivity contribution in [1.29, 1.82) is 0 Å². The summed E-state index contributed by atoms with van der Waals surface area (Å²) in [5, 5.41) is 2.58. The van der Waals surface area contributed by atoms with Crippen LogP contribution in [0.2, 0.25) is 0 Å². The topological polar surface area (TPSA) is 96.0 Å². The molecule has 202 valence electrons. The average Bonchev–Trinajstić information content (AvgIpc) is 2.90. The van der Waals surface area contributed by atoms with E-state index in [4.69, 9.17) is 4.74 Å². The molecule has 3 rings (SSSR count). The molecule has 0 aliphatic rings. The van der Waals surface area contributed by atoms with Crippen LogP contribution in [0.5, 0.6) is 5.75 Å². The molecule has 0 saturated carbocycles. The summed E-state index contributed by atoms with van der Waals surface area (Å²) in [6.45, 7) is 7.43. The molecule has 0 aliphatic heterocycles. The van der Waals surface area contributed by atoms with Gasteiger partial charge >= 0.3 is 0 Å². The van der Waals surface area contributed by atoms with E-state index in [0.717, 1.165) is 21.0 Å². The van der Waals surface area contributed by atoms with Gasteiger partial charge in [0.2, 0.25) is 11.8 Å². The van der Waals surface area contributed by atoms with Crippen LogP contribution in [0.3, 0.4) is 0 Å². The molecule has 2 amide bonds. The number of carbonyl (C=O) groups is 2. The standard InChI is InChI=1S/C29H35N3O5S/c1-6-37-26-14-12-25(13-15-26)32(38(35,36)27-16-10-21(2)11-17-27)20-28(33)31(23(4)29(34)30-5)19-24-9-7-8-22(3)18-24/h7-18,23H,6,19-20H2,1-5H3,(H,30,34). The van der Waals surface area contributed by atoms with Crippen LogP contribution < -0.4 is 14.4 Å². The summed E-state index contributed by atoms with van der Waals surface area (Å²) in [4.78, 5) is 27.8. The molecule has 0 aliphatic carbocycles. The monoisotopic (exact) mass is 537 g/mol. The lowest BCUT2D eigenvalue weighted by molar-refractivity contribution is -0.139. The van der Waals surface area contributed by atoms with Gasteiger partial charge in [-0.1, -0.05) is 47.5 Å².